The molecule has 1 aromatic heterocycles. The van der Waals surface area contributed by atoms with Gasteiger partial charge in [0.15, 0.2) is 5.16 Å². The first-order chi connectivity index (χ1) is 10.9. The van der Waals surface area contributed by atoms with Gasteiger partial charge in [-0.1, -0.05) is 49.0 Å². The first-order valence-electron chi connectivity index (χ1n) is 7.74. The van der Waals surface area contributed by atoms with Crippen molar-refractivity contribution in [3.8, 4) is 11.3 Å². The number of thioether (sulfide) groups is 1. The van der Waals surface area contributed by atoms with Crippen molar-refractivity contribution in [1.82, 2.24) is 15.3 Å². The number of nitrogens with one attached hydrogen (secondary N) is 1. The average Bonchev–Trinajstić information content (AvgIpc) is 2.53. The topological polar surface area (TPSA) is 54.9 Å². The highest BCUT2D eigenvalue weighted by Crippen LogP contribution is 2.21. The summed E-state index contributed by atoms with van der Waals surface area (Å²) in [6, 6.07) is 12.0. The minimum Gasteiger partial charge on any atom is -0.351 e. The molecule has 4 nitrogen and oxygen atoms in total. The second kappa shape index (κ2) is 7.59. The molecule has 1 N–H and O–H groups in total. The van der Waals surface area contributed by atoms with Crippen molar-refractivity contribution < 1.29 is 4.79 Å². The van der Waals surface area contributed by atoms with E-state index in [1.165, 1.54) is 11.8 Å². The van der Waals surface area contributed by atoms with E-state index in [0.717, 1.165) is 23.4 Å². The Morgan fingerprint density at radius 1 is 1.22 bits per heavy atom. The monoisotopic (exact) mass is 329 g/mol. The van der Waals surface area contributed by atoms with E-state index in [-0.39, 0.29) is 11.4 Å². The Balaban J connectivity index is 2.06. The summed E-state index contributed by atoms with van der Waals surface area (Å²) in [5, 5.41) is 3.65. The molecule has 2 aromatic rings. The molecule has 0 saturated carbocycles. The molecule has 0 aliphatic rings. The Hall–Kier alpha value is -1.88. The molecule has 1 aromatic carbocycles. The first kappa shape index (κ1) is 17.5. The van der Waals surface area contributed by atoms with Crippen LogP contribution in [-0.4, -0.2) is 27.2 Å². The van der Waals surface area contributed by atoms with Crippen molar-refractivity contribution in [2.45, 2.75) is 44.8 Å². The van der Waals surface area contributed by atoms with Gasteiger partial charge in [-0.15, -0.1) is 0 Å². The van der Waals surface area contributed by atoms with Gasteiger partial charge in [0.2, 0.25) is 5.91 Å². The predicted molar refractivity (Wildman–Crippen MR) is 95.4 cm³/mol. The summed E-state index contributed by atoms with van der Waals surface area (Å²) in [6.45, 7) is 8.04. The molecule has 0 bridgehead atoms. The Morgan fingerprint density at radius 2 is 1.91 bits per heavy atom. The number of rotatable bonds is 6. The molecule has 122 valence electrons. The van der Waals surface area contributed by atoms with Crippen molar-refractivity contribution in [2.24, 2.45) is 0 Å². The highest BCUT2D eigenvalue weighted by molar-refractivity contribution is 7.99. The molecule has 5 heteroatoms. The minimum atomic E-state index is -0.180. The van der Waals surface area contributed by atoms with Crippen LogP contribution in [0.4, 0.5) is 0 Å². The van der Waals surface area contributed by atoms with Gasteiger partial charge in [-0.3, -0.25) is 4.79 Å². The van der Waals surface area contributed by atoms with Crippen LogP contribution in [0, 0.1) is 6.92 Å². The van der Waals surface area contributed by atoms with Gasteiger partial charge in [0, 0.05) is 16.8 Å². The summed E-state index contributed by atoms with van der Waals surface area (Å²) in [5.41, 5.74) is 2.65. The lowest BCUT2D eigenvalue weighted by atomic mass is 10.0. The average molecular weight is 329 g/mol. The highest BCUT2D eigenvalue weighted by atomic mass is 32.2. The number of hydrogen-bond donors (Lipinski definition) is 1. The van der Waals surface area contributed by atoms with Gasteiger partial charge in [-0.2, -0.15) is 0 Å². The minimum absolute atomic E-state index is 0.00761. The van der Waals surface area contributed by atoms with Gasteiger partial charge in [-0.25, -0.2) is 9.97 Å². The first-order valence-corrected chi connectivity index (χ1v) is 8.73. The zero-order chi connectivity index (χ0) is 16.9. The molecule has 23 heavy (non-hydrogen) atoms. The SMILES string of the molecule is CCC(C)(C)NC(=O)CSc1nc(C)cc(-c2ccccc2)n1. The van der Waals surface area contributed by atoms with E-state index < -0.39 is 0 Å². The summed E-state index contributed by atoms with van der Waals surface area (Å²) in [7, 11) is 0. The van der Waals surface area contributed by atoms with Crippen molar-refractivity contribution >= 4 is 17.7 Å². The van der Waals surface area contributed by atoms with Crippen LogP contribution in [0.15, 0.2) is 41.6 Å². The van der Waals surface area contributed by atoms with Crippen molar-refractivity contribution in [1.29, 1.82) is 0 Å². The normalized spacial score (nSPS) is 11.3. The Bertz CT molecular complexity index is 671. The second-order valence-corrected chi connectivity index (χ2v) is 7.06. The van der Waals surface area contributed by atoms with E-state index in [9.17, 15) is 4.79 Å². The van der Waals surface area contributed by atoms with Crippen LogP contribution >= 0.6 is 11.8 Å². The standard InChI is InChI=1S/C18H23N3OS/c1-5-18(3,4)21-16(22)12-23-17-19-13(2)11-15(20-17)14-9-7-6-8-10-14/h6-11H,5,12H2,1-4H3,(H,21,22). The van der Waals surface area contributed by atoms with Crippen LogP contribution in [0.1, 0.15) is 32.9 Å². The third-order valence-electron chi connectivity index (χ3n) is 3.60. The smallest absolute Gasteiger partial charge is 0.230 e. The molecule has 2 rings (SSSR count). The predicted octanol–water partition coefficient (Wildman–Crippen LogP) is 3.85. The summed E-state index contributed by atoms with van der Waals surface area (Å²) < 4.78 is 0. The quantitative estimate of drug-likeness (QED) is 0.646. The summed E-state index contributed by atoms with van der Waals surface area (Å²) in [4.78, 5) is 21.0. The number of carbonyl (C=O) groups is 1. The number of amides is 1. The number of benzene rings is 1. The molecule has 0 atom stereocenters. The van der Waals surface area contributed by atoms with Gasteiger partial charge in [-0.05, 0) is 33.3 Å². The van der Waals surface area contributed by atoms with Crippen LogP contribution in [0.2, 0.25) is 0 Å². The molecule has 0 unspecified atom stereocenters. The van der Waals surface area contributed by atoms with E-state index in [0.29, 0.717) is 10.9 Å². The van der Waals surface area contributed by atoms with Gasteiger partial charge < -0.3 is 5.32 Å². The second-order valence-electron chi connectivity index (χ2n) is 6.12. The number of carbonyl (C=O) groups excluding carboxylic acids is 1. The molecular weight excluding hydrogens is 306 g/mol. The molecule has 0 aliphatic carbocycles. The van der Waals surface area contributed by atoms with Crippen LogP contribution < -0.4 is 5.32 Å². The molecule has 0 saturated heterocycles. The largest absolute Gasteiger partial charge is 0.351 e. The van der Waals surface area contributed by atoms with E-state index >= 15 is 0 Å². The summed E-state index contributed by atoms with van der Waals surface area (Å²) >= 11 is 1.37. The van der Waals surface area contributed by atoms with Crippen molar-refractivity contribution in [3.05, 3.63) is 42.1 Å². The lowest BCUT2D eigenvalue weighted by Gasteiger charge is -2.24. The lowest BCUT2D eigenvalue weighted by Crippen LogP contribution is -2.43. The van der Waals surface area contributed by atoms with Crippen LogP contribution in [0.5, 0.6) is 0 Å². The highest BCUT2D eigenvalue weighted by Gasteiger charge is 2.18. The summed E-state index contributed by atoms with van der Waals surface area (Å²) in [5.74, 6) is 0.328. The maximum absolute atomic E-state index is 12.0. The number of hydrogen-bond acceptors (Lipinski definition) is 4. The van der Waals surface area contributed by atoms with E-state index in [2.05, 4.69) is 22.2 Å². The molecule has 0 aliphatic heterocycles. The molecule has 0 fully saturated rings. The summed E-state index contributed by atoms with van der Waals surface area (Å²) in [6.07, 6.45) is 0.891. The number of nitrogens with zero attached hydrogens (tertiary/aromatic N) is 2. The molecule has 1 amide bonds. The third kappa shape index (κ3) is 5.36. The fourth-order valence-corrected chi connectivity index (χ4v) is 2.70. The van der Waals surface area contributed by atoms with Gasteiger partial charge in [0.05, 0.1) is 11.4 Å². The molecule has 0 spiro atoms. The maximum atomic E-state index is 12.0. The Kier molecular flexibility index (Phi) is 5.77. The van der Waals surface area contributed by atoms with Crippen LogP contribution in [-0.2, 0) is 4.79 Å². The van der Waals surface area contributed by atoms with E-state index in [1.54, 1.807) is 0 Å². The van der Waals surface area contributed by atoms with Crippen molar-refractivity contribution in [2.75, 3.05) is 5.75 Å². The van der Waals surface area contributed by atoms with Gasteiger partial charge in [0.25, 0.3) is 0 Å². The van der Waals surface area contributed by atoms with Crippen molar-refractivity contribution in [3.63, 3.8) is 0 Å². The number of aromatic nitrogens is 2. The van der Waals surface area contributed by atoms with E-state index in [4.69, 9.17) is 0 Å². The maximum Gasteiger partial charge on any atom is 0.230 e. The molecule has 1 heterocycles. The van der Waals surface area contributed by atoms with E-state index in [1.807, 2.05) is 57.2 Å². The lowest BCUT2D eigenvalue weighted by molar-refractivity contribution is -0.120. The Morgan fingerprint density at radius 3 is 2.57 bits per heavy atom. The Labute approximate surface area is 142 Å². The van der Waals surface area contributed by atoms with Crippen LogP contribution in [0.3, 0.4) is 0 Å². The fourth-order valence-electron chi connectivity index (χ4n) is 1.99. The zero-order valence-corrected chi connectivity index (χ0v) is 14.9. The zero-order valence-electron chi connectivity index (χ0n) is 14.1. The van der Waals surface area contributed by atoms with Crippen LogP contribution in [0.25, 0.3) is 11.3 Å². The number of aryl methyl sites for hydroxylation is 1. The molecule has 0 radical (unpaired) electrons. The third-order valence-corrected chi connectivity index (χ3v) is 4.44. The molecular formula is C18H23N3OS. The fraction of sp³-hybridized carbons (Fsp3) is 0.389. The van der Waals surface area contributed by atoms with Gasteiger partial charge >= 0.3 is 0 Å². The van der Waals surface area contributed by atoms with Gasteiger partial charge in [0.1, 0.15) is 0 Å².